The number of carbonyl (C=O) groups excluding carboxylic acids is 1. The Hall–Kier alpha value is -2.41. The number of rotatable bonds is 3. The van der Waals surface area contributed by atoms with Gasteiger partial charge in [0.15, 0.2) is 0 Å². The minimum absolute atomic E-state index is 0.0396. The van der Waals surface area contributed by atoms with E-state index >= 15 is 0 Å². The molecule has 2 atom stereocenters. The molecule has 0 radical (unpaired) electrons. The Kier molecular flexibility index (Phi) is 5.51. The van der Waals surface area contributed by atoms with Crippen LogP contribution in [-0.4, -0.2) is 23.2 Å². The van der Waals surface area contributed by atoms with Gasteiger partial charge < -0.3 is 15.2 Å². The van der Waals surface area contributed by atoms with Crippen LogP contribution in [0.1, 0.15) is 64.0 Å². The summed E-state index contributed by atoms with van der Waals surface area (Å²) in [6, 6.07) is 3.86. The molecular formula is C23H29NO3. The smallest absolute Gasteiger partial charge is 0.216 e. The van der Waals surface area contributed by atoms with Crippen molar-refractivity contribution in [1.82, 2.24) is 5.32 Å². The Bertz CT molecular complexity index is 826. The fourth-order valence-electron chi connectivity index (χ4n) is 4.28. The first-order valence-corrected chi connectivity index (χ1v) is 9.68. The minimum Gasteiger partial charge on any atom is -0.508 e. The maximum absolute atomic E-state index is 10.8. The van der Waals surface area contributed by atoms with Gasteiger partial charge in [-0.1, -0.05) is 17.6 Å². The van der Waals surface area contributed by atoms with E-state index in [1.54, 1.807) is 0 Å². The van der Waals surface area contributed by atoms with Gasteiger partial charge in [-0.05, 0) is 51.3 Å². The van der Waals surface area contributed by atoms with Gasteiger partial charge >= 0.3 is 0 Å². The summed E-state index contributed by atoms with van der Waals surface area (Å²) in [5.41, 5.74) is 3.03. The Morgan fingerprint density at radius 1 is 1.37 bits per heavy atom. The van der Waals surface area contributed by atoms with Gasteiger partial charge in [0.05, 0.1) is 0 Å². The van der Waals surface area contributed by atoms with Crippen LogP contribution in [-0.2, 0) is 11.2 Å². The Balaban J connectivity index is 1.79. The maximum Gasteiger partial charge on any atom is 0.216 e. The van der Waals surface area contributed by atoms with Gasteiger partial charge in [-0.3, -0.25) is 4.79 Å². The summed E-state index contributed by atoms with van der Waals surface area (Å²) in [6.07, 6.45) is 5.44. The molecule has 0 fully saturated rings. The van der Waals surface area contributed by atoms with Gasteiger partial charge in [-0.25, -0.2) is 0 Å². The molecule has 144 valence electrons. The molecule has 0 spiro atoms. The van der Waals surface area contributed by atoms with Gasteiger partial charge in [0.1, 0.15) is 17.1 Å². The summed E-state index contributed by atoms with van der Waals surface area (Å²) in [4.78, 5) is 10.8. The lowest BCUT2D eigenvalue weighted by Gasteiger charge is -2.47. The number of ether oxygens (including phenoxy) is 1. The highest BCUT2D eigenvalue weighted by Gasteiger charge is 2.45. The molecule has 1 aromatic carbocycles. The molecule has 1 heterocycles. The molecule has 2 N–H and O–H groups in total. The summed E-state index contributed by atoms with van der Waals surface area (Å²) in [6.45, 7) is 8.52. The molecule has 1 aliphatic carbocycles. The van der Waals surface area contributed by atoms with E-state index in [1.165, 1.54) is 12.5 Å². The van der Waals surface area contributed by atoms with Crippen molar-refractivity contribution in [1.29, 1.82) is 0 Å². The average molecular weight is 367 g/mol. The van der Waals surface area contributed by atoms with Crippen LogP contribution in [0.25, 0.3) is 0 Å². The SMILES string of the molecule is CC(=O)NCCC#CCc1cc(O)c2c(c1)OC(C)(C)[C@@H]1CC=C(C)C[C@@H]21. The summed E-state index contributed by atoms with van der Waals surface area (Å²) in [5.74, 6) is 7.93. The van der Waals surface area contributed by atoms with E-state index in [-0.39, 0.29) is 11.5 Å². The fourth-order valence-corrected chi connectivity index (χ4v) is 4.28. The first kappa shape index (κ1) is 19.4. The minimum atomic E-state index is -0.260. The lowest BCUT2D eigenvalue weighted by Crippen LogP contribution is -2.45. The zero-order valence-corrected chi connectivity index (χ0v) is 16.7. The van der Waals surface area contributed by atoms with Crippen LogP contribution in [0.15, 0.2) is 23.8 Å². The highest BCUT2D eigenvalue weighted by atomic mass is 16.5. The van der Waals surface area contributed by atoms with Crippen LogP contribution in [0.4, 0.5) is 0 Å². The van der Waals surface area contributed by atoms with Crippen molar-refractivity contribution in [3.63, 3.8) is 0 Å². The number of carbonyl (C=O) groups is 1. The molecule has 1 amide bonds. The van der Waals surface area contributed by atoms with Gasteiger partial charge in [0, 0.05) is 43.7 Å². The fraction of sp³-hybridized carbons (Fsp3) is 0.522. The average Bonchev–Trinajstić information content (AvgIpc) is 2.56. The van der Waals surface area contributed by atoms with Crippen LogP contribution in [0.5, 0.6) is 11.5 Å². The van der Waals surface area contributed by atoms with Crippen molar-refractivity contribution in [2.75, 3.05) is 6.54 Å². The van der Waals surface area contributed by atoms with Crippen LogP contribution < -0.4 is 10.1 Å². The number of phenols is 1. The first-order valence-electron chi connectivity index (χ1n) is 9.68. The second-order valence-corrected chi connectivity index (χ2v) is 8.20. The predicted molar refractivity (Wildman–Crippen MR) is 107 cm³/mol. The molecule has 0 aromatic heterocycles. The van der Waals surface area contributed by atoms with E-state index in [0.29, 0.717) is 37.0 Å². The largest absolute Gasteiger partial charge is 0.508 e. The molecule has 1 aliphatic heterocycles. The monoisotopic (exact) mass is 367 g/mol. The lowest BCUT2D eigenvalue weighted by atomic mass is 9.67. The summed E-state index contributed by atoms with van der Waals surface area (Å²) in [7, 11) is 0. The Morgan fingerprint density at radius 2 is 2.15 bits per heavy atom. The van der Waals surface area contributed by atoms with Crippen molar-refractivity contribution in [3.8, 4) is 23.3 Å². The van der Waals surface area contributed by atoms with Gasteiger partial charge in [0.25, 0.3) is 0 Å². The standard InChI is InChI=1S/C23H29NO3/c1-15-9-10-19-18(12-15)22-20(26)13-17(14-21(22)27-23(19,3)4)8-6-5-7-11-24-16(2)25/h9,13-14,18-19,26H,7-8,10-12H2,1-4H3,(H,24,25)/t18-,19-/m1/s1. The van der Waals surface area contributed by atoms with E-state index in [2.05, 4.69) is 44.0 Å². The molecular weight excluding hydrogens is 338 g/mol. The van der Waals surface area contributed by atoms with Gasteiger partial charge in [-0.15, -0.1) is 5.92 Å². The number of hydrogen-bond acceptors (Lipinski definition) is 3. The highest BCUT2D eigenvalue weighted by molar-refractivity contribution is 5.72. The third-order valence-electron chi connectivity index (χ3n) is 5.61. The van der Waals surface area contributed by atoms with Crippen molar-refractivity contribution in [3.05, 3.63) is 34.9 Å². The summed E-state index contributed by atoms with van der Waals surface area (Å²) >= 11 is 0. The molecule has 4 heteroatoms. The molecule has 3 rings (SSSR count). The number of allylic oxidation sites excluding steroid dienone is 2. The van der Waals surface area contributed by atoms with Crippen molar-refractivity contribution < 1.29 is 14.6 Å². The number of amides is 1. The van der Waals surface area contributed by atoms with Crippen LogP contribution in [0, 0.1) is 17.8 Å². The number of aromatic hydroxyl groups is 1. The molecule has 0 bridgehead atoms. The summed E-state index contributed by atoms with van der Waals surface area (Å²) in [5, 5.41) is 13.5. The van der Waals surface area contributed by atoms with Crippen molar-refractivity contribution in [2.24, 2.45) is 5.92 Å². The molecule has 0 unspecified atom stereocenters. The number of phenolic OH excluding ortho intramolecular Hbond substituents is 1. The molecule has 4 nitrogen and oxygen atoms in total. The van der Waals surface area contributed by atoms with Crippen LogP contribution >= 0.6 is 0 Å². The predicted octanol–water partition coefficient (Wildman–Crippen LogP) is 4.08. The molecule has 0 saturated carbocycles. The number of hydrogen-bond donors (Lipinski definition) is 2. The second kappa shape index (κ2) is 7.68. The van der Waals surface area contributed by atoms with Crippen LogP contribution in [0.2, 0.25) is 0 Å². The third-order valence-corrected chi connectivity index (χ3v) is 5.61. The van der Waals surface area contributed by atoms with Gasteiger partial charge in [-0.2, -0.15) is 0 Å². The topological polar surface area (TPSA) is 58.6 Å². The van der Waals surface area contributed by atoms with E-state index in [0.717, 1.165) is 29.7 Å². The summed E-state index contributed by atoms with van der Waals surface area (Å²) < 4.78 is 6.33. The Labute approximate surface area is 162 Å². The number of fused-ring (bicyclic) bond motifs is 3. The molecule has 27 heavy (non-hydrogen) atoms. The van der Waals surface area contributed by atoms with E-state index in [1.807, 2.05) is 12.1 Å². The first-order chi connectivity index (χ1) is 12.8. The second-order valence-electron chi connectivity index (χ2n) is 8.20. The quantitative estimate of drug-likeness (QED) is 0.481. The molecule has 2 aliphatic rings. The van der Waals surface area contributed by atoms with Crippen LogP contribution in [0.3, 0.4) is 0 Å². The molecule has 0 saturated heterocycles. The normalized spacial score (nSPS) is 22.3. The maximum atomic E-state index is 10.8. The zero-order chi connectivity index (χ0) is 19.6. The lowest BCUT2D eigenvalue weighted by molar-refractivity contribution is -0.118. The number of benzene rings is 1. The molecule has 1 aromatic rings. The van der Waals surface area contributed by atoms with Gasteiger partial charge in [0.2, 0.25) is 5.91 Å². The number of nitrogens with one attached hydrogen (secondary N) is 1. The third kappa shape index (κ3) is 4.30. The van der Waals surface area contributed by atoms with Crippen molar-refractivity contribution >= 4 is 5.91 Å². The highest BCUT2D eigenvalue weighted by Crippen LogP contribution is 2.54. The van der Waals surface area contributed by atoms with Crippen molar-refractivity contribution in [2.45, 2.75) is 64.9 Å². The Morgan fingerprint density at radius 3 is 2.89 bits per heavy atom. The van der Waals surface area contributed by atoms with E-state index < -0.39 is 0 Å². The van der Waals surface area contributed by atoms with E-state index in [4.69, 9.17) is 4.74 Å². The van der Waals surface area contributed by atoms with E-state index in [9.17, 15) is 9.90 Å². The zero-order valence-electron chi connectivity index (χ0n) is 16.7.